The molecule has 2 aromatic rings. The molecule has 0 aliphatic rings. The van der Waals surface area contributed by atoms with Crippen LogP contribution in [-0.2, 0) is 0 Å². The summed E-state index contributed by atoms with van der Waals surface area (Å²) in [5, 5.41) is 10.4. The minimum atomic E-state index is -0.652. The lowest BCUT2D eigenvalue weighted by Gasteiger charge is -2.18. The lowest BCUT2D eigenvalue weighted by molar-refractivity contribution is 0.198. The third-order valence-corrected chi connectivity index (χ3v) is 2.69. The Morgan fingerprint density at radius 3 is 2.17 bits per heavy atom. The van der Waals surface area contributed by atoms with Gasteiger partial charge in [-0.05, 0) is 25.5 Å². The van der Waals surface area contributed by atoms with Crippen molar-refractivity contribution in [2.24, 2.45) is 0 Å². The summed E-state index contributed by atoms with van der Waals surface area (Å²) in [4.78, 5) is 0. The molecule has 1 unspecified atom stereocenters. The highest BCUT2D eigenvalue weighted by molar-refractivity contribution is 5.40. The predicted octanol–water partition coefficient (Wildman–Crippen LogP) is 3.56. The maximum atomic E-state index is 10.4. The highest BCUT2D eigenvalue weighted by Gasteiger charge is 2.15. The van der Waals surface area contributed by atoms with Gasteiger partial charge in [0.05, 0.1) is 6.10 Å². The minimum absolute atomic E-state index is 0.0918. The van der Waals surface area contributed by atoms with E-state index in [-0.39, 0.29) is 6.10 Å². The quantitative estimate of drug-likeness (QED) is 0.888. The van der Waals surface area contributed by atoms with Crippen LogP contribution in [0.15, 0.2) is 54.6 Å². The van der Waals surface area contributed by atoms with Crippen LogP contribution < -0.4 is 4.74 Å². The van der Waals surface area contributed by atoms with E-state index in [9.17, 15) is 5.11 Å². The van der Waals surface area contributed by atoms with Gasteiger partial charge in [-0.1, -0.05) is 48.5 Å². The third kappa shape index (κ3) is 2.90. The van der Waals surface area contributed by atoms with Crippen molar-refractivity contribution >= 4 is 0 Å². The molecule has 0 spiro atoms. The van der Waals surface area contributed by atoms with Crippen molar-refractivity contribution in [3.63, 3.8) is 0 Å². The highest BCUT2D eigenvalue weighted by atomic mass is 16.5. The molecule has 0 bridgehead atoms. The summed E-state index contributed by atoms with van der Waals surface area (Å²) in [5.74, 6) is 0.740. The number of aliphatic hydroxyl groups is 1. The largest absolute Gasteiger partial charge is 0.491 e. The Morgan fingerprint density at radius 2 is 1.50 bits per heavy atom. The van der Waals surface area contributed by atoms with E-state index in [2.05, 4.69) is 0 Å². The van der Waals surface area contributed by atoms with Crippen LogP contribution in [0, 0.1) is 0 Å². The molecule has 0 radical (unpaired) electrons. The number of hydrogen-bond acceptors (Lipinski definition) is 2. The van der Waals surface area contributed by atoms with E-state index in [1.807, 2.05) is 68.4 Å². The SMILES string of the molecule is CC(C)Oc1ccccc1C(O)c1ccccc1. The van der Waals surface area contributed by atoms with Gasteiger partial charge < -0.3 is 9.84 Å². The Kier molecular flexibility index (Phi) is 4.00. The topological polar surface area (TPSA) is 29.5 Å². The molecule has 0 saturated carbocycles. The average molecular weight is 242 g/mol. The molecule has 0 heterocycles. The van der Waals surface area contributed by atoms with Crippen molar-refractivity contribution in [2.45, 2.75) is 26.1 Å². The van der Waals surface area contributed by atoms with E-state index in [1.165, 1.54) is 0 Å². The number of benzene rings is 2. The van der Waals surface area contributed by atoms with Crippen molar-refractivity contribution in [1.29, 1.82) is 0 Å². The van der Waals surface area contributed by atoms with Gasteiger partial charge in [-0.25, -0.2) is 0 Å². The van der Waals surface area contributed by atoms with E-state index >= 15 is 0 Å². The van der Waals surface area contributed by atoms with Gasteiger partial charge in [0.2, 0.25) is 0 Å². The van der Waals surface area contributed by atoms with E-state index in [4.69, 9.17) is 4.74 Å². The molecule has 18 heavy (non-hydrogen) atoms. The Bertz CT molecular complexity index is 491. The molecule has 0 aromatic heterocycles. The van der Waals surface area contributed by atoms with Crippen molar-refractivity contribution in [1.82, 2.24) is 0 Å². The van der Waals surface area contributed by atoms with Crippen molar-refractivity contribution in [2.75, 3.05) is 0 Å². The second kappa shape index (κ2) is 5.69. The predicted molar refractivity (Wildman–Crippen MR) is 72.7 cm³/mol. The summed E-state index contributed by atoms with van der Waals surface area (Å²) in [7, 11) is 0. The van der Waals surface area contributed by atoms with Crippen LogP contribution in [0.2, 0.25) is 0 Å². The second-order valence-electron chi connectivity index (χ2n) is 4.52. The molecule has 2 heteroatoms. The monoisotopic (exact) mass is 242 g/mol. The zero-order valence-corrected chi connectivity index (χ0v) is 10.7. The van der Waals surface area contributed by atoms with Crippen LogP contribution >= 0.6 is 0 Å². The van der Waals surface area contributed by atoms with E-state index in [0.717, 1.165) is 16.9 Å². The van der Waals surface area contributed by atoms with Gasteiger partial charge in [0.1, 0.15) is 11.9 Å². The Morgan fingerprint density at radius 1 is 0.889 bits per heavy atom. The summed E-state index contributed by atoms with van der Waals surface area (Å²) < 4.78 is 5.73. The number of hydrogen-bond donors (Lipinski definition) is 1. The maximum absolute atomic E-state index is 10.4. The van der Waals surface area contributed by atoms with Crippen LogP contribution in [-0.4, -0.2) is 11.2 Å². The molecule has 0 aliphatic heterocycles. The van der Waals surface area contributed by atoms with Gasteiger partial charge in [0.25, 0.3) is 0 Å². The Hall–Kier alpha value is -1.80. The third-order valence-electron chi connectivity index (χ3n) is 2.69. The van der Waals surface area contributed by atoms with E-state index < -0.39 is 6.10 Å². The van der Waals surface area contributed by atoms with Gasteiger partial charge >= 0.3 is 0 Å². The smallest absolute Gasteiger partial charge is 0.125 e. The Labute approximate surface area is 108 Å². The second-order valence-corrected chi connectivity index (χ2v) is 4.52. The lowest BCUT2D eigenvalue weighted by atomic mass is 10.0. The molecule has 1 atom stereocenters. The molecule has 0 saturated heterocycles. The maximum Gasteiger partial charge on any atom is 0.125 e. The lowest BCUT2D eigenvalue weighted by Crippen LogP contribution is -2.09. The fourth-order valence-electron chi connectivity index (χ4n) is 1.88. The molecular formula is C16H18O2. The van der Waals surface area contributed by atoms with Crippen LogP contribution in [0.4, 0.5) is 0 Å². The zero-order chi connectivity index (χ0) is 13.0. The Balaban J connectivity index is 2.33. The van der Waals surface area contributed by atoms with Gasteiger partial charge in [-0.15, -0.1) is 0 Å². The van der Waals surface area contributed by atoms with Gasteiger partial charge in [-0.3, -0.25) is 0 Å². The van der Waals surface area contributed by atoms with Crippen LogP contribution in [0.25, 0.3) is 0 Å². The molecular weight excluding hydrogens is 224 g/mol. The number of para-hydroxylation sites is 1. The molecule has 1 N–H and O–H groups in total. The van der Waals surface area contributed by atoms with Crippen LogP contribution in [0.1, 0.15) is 31.1 Å². The average Bonchev–Trinajstić information content (AvgIpc) is 2.39. The van der Waals surface area contributed by atoms with Crippen molar-refractivity contribution in [3.8, 4) is 5.75 Å². The first-order valence-corrected chi connectivity index (χ1v) is 6.17. The normalized spacial score (nSPS) is 12.4. The highest BCUT2D eigenvalue weighted by Crippen LogP contribution is 2.30. The summed E-state index contributed by atoms with van der Waals surface area (Å²) in [6.45, 7) is 3.96. The molecule has 94 valence electrons. The van der Waals surface area contributed by atoms with Gasteiger partial charge in [0.15, 0.2) is 0 Å². The first kappa shape index (κ1) is 12.7. The molecule has 2 aromatic carbocycles. The first-order valence-electron chi connectivity index (χ1n) is 6.17. The molecule has 2 nitrogen and oxygen atoms in total. The standard InChI is InChI=1S/C16H18O2/c1-12(2)18-15-11-7-6-10-14(15)16(17)13-8-4-3-5-9-13/h3-12,16-17H,1-2H3. The minimum Gasteiger partial charge on any atom is -0.491 e. The fourth-order valence-corrected chi connectivity index (χ4v) is 1.88. The summed E-state index contributed by atoms with van der Waals surface area (Å²) in [5.41, 5.74) is 1.68. The summed E-state index contributed by atoms with van der Waals surface area (Å²) in [6, 6.07) is 17.2. The molecule has 2 rings (SSSR count). The van der Waals surface area contributed by atoms with Gasteiger partial charge in [0, 0.05) is 5.56 Å². The molecule has 0 aliphatic carbocycles. The van der Waals surface area contributed by atoms with Crippen LogP contribution in [0.5, 0.6) is 5.75 Å². The number of rotatable bonds is 4. The first-order chi connectivity index (χ1) is 8.68. The van der Waals surface area contributed by atoms with Crippen molar-refractivity contribution in [3.05, 3.63) is 65.7 Å². The summed E-state index contributed by atoms with van der Waals surface area (Å²) >= 11 is 0. The van der Waals surface area contributed by atoms with Crippen molar-refractivity contribution < 1.29 is 9.84 Å². The molecule has 0 amide bonds. The zero-order valence-electron chi connectivity index (χ0n) is 10.7. The number of ether oxygens (including phenoxy) is 1. The fraction of sp³-hybridized carbons (Fsp3) is 0.250. The summed E-state index contributed by atoms with van der Waals surface area (Å²) in [6.07, 6.45) is -0.560. The van der Waals surface area contributed by atoms with Gasteiger partial charge in [-0.2, -0.15) is 0 Å². The van der Waals surface area contributed by atoms with E-state index in [0.29, 0.717) is 0 Å². The number of aliphatic hydroxyl groups excluding tert-OH is 1. The van der Waals surface area contributed by atoms with Crippen LogP contribution in [0.3, 0.4) is 0 Å². The van der Waals surface area contributed by atoms with E-state index in [1.54, 1.807) is 0 Å². The molecule has 0 fully saturated rings.